The highest BCUT2D eigenvalue weighted by Crippen LogP contribution is 2.38. The van der Waals surface area contributed by atoms with E-state index in [1.165, 1.54) is 0 Å². The first kappa shape index (κ1) is 16.5. The molecule has 8 heteroatoms. The van der Waals surface area contributed by atoms with Gasteiger partial charge >= 0.3 is 6.03 Å². The van der Waals surface area contributed by atoms with Gasteiger partial charge in [0, 0.05) is 19.0 Å². The van der Waals surface area contributed by atoms with Gasteiger partial charge in [-0.3, -0.25) is 14.5 Å². The third-order valence-electron chi connectivity index (χ3n) is 4.96. The van der Waals surface area contributed by atoms with Gasteiger partial charge in [-0.25, -0.2) is 4.79 Å². The van der Waals surface area contributed by atoms with Crippen LogP contribution in [-0.2, 0) is 9.59 Å². The largest absolute Gasteiger partial charge is 0.360 e. The smallest absolute Gasteiger partial charge is 0.325 e. The summed E-state index contributed by atoms with van der Waals surface area (Å²) >= 11 is 0. The van der Waals surface area contributed by atoms with Crippen LogP contribution in [0.15, 0.2) is 10.6 Å². The molecule has 2 fully saturated rings. The molecule has 2 heterocycles. The van der Waals surface area contributed by atoms with Crippen molar-refractivity contribution < 1.29 is 18.9 Å². The average Bonchev–Trinajstić information content (AvgIpc) is 3.03. The molecule has 130 valence electrons. The number of imide groups is 1. The molecule has 0 radical (unpaired) electrons. The van der Waals surface area contributed by atoms with Crippen LogP contribution in [0.2, 0.25) is 0 Å². The predicted molar refractivity (Wildman–Crippen MR) is 85.1 cm³/mol. The maximum Gasteiger partial charge on any atom is 0.325 e. The van der Waals surface area contributed by atoms with Crippen LogP contribution in [0, 0.1) is 12.8 Å². The van der Waals surface area contributed by atoms with Crippen LogP contribution < -0.4 is 10.6 Å². The van der Waals surface area contributed by atoms with E-state index in [9.17, 15) is 14.4 Å². The van der Waals surface area contributed by atoms with E-state index in [2.05, 4.69) is 15.8 Å². The van der Waals surface area contributed by atoms with E-state index in [4.69, 9.17) is 4.52 Å². The highest BCUT2D eigenvalue weighted by Gasteiger charge is 2.54. The third kappa shape index (κ3) is 2.88. The molecule has 1 saturated heterocycles. The minimum Gasteiger partial charge on any atom is -0.360 e. The molecule has 0 aromatic carbocycles. The van der Waals surface area contributed by atoms with Crippen molar-refractivity contribution >= 4 is 23.7 Å². The van der Waals surface area contributed by atoms with Crippen molar-refractivity contribution in [3.8, 4) is 0 Å². The lowest BCUT2D eigenvalue weighted by molar-refractivity contribution is -0.134. The van der Waals surface area contributed by atoms with Gasteiger partial charge in [0.2, 0.25) is 5.91 Å². The maximum atomic E-state index is 12.8. The predicted octanol–water partition coefficient (Wildman–Crippen LogP) is 1.81. The molecule has 0 unspecified atom stereocenters. The lowest BCUT2D eigenvalue weighted by Gasteiger charge is -2.36. The maximum absolute atomic E-state index is 12.8. The number of nitrogens with one attached hydrogen (secondary N) is 2. The molecule has 2 aliphatic rings. The van der Waals surface area contributed by atoms with Crippen LogP contribution >= 0.6 is 0 Å². The molecule has 8 nitrogen and oxygen atoms in total. The fourth-order valence-electron chi connectivity index (χ4n) is 3.54. The minimum atomic E-state index is -0.783. The number of nitrogens with zero attached hydrogens (tertiary/aromatic N) is 2. The molecule has 1 aromatic heterocycles. The van der Waals surface area contributed by atoms with E-state index < -0.39 is 11.6 Å². The van der Waals surface area contributed by atoms with Crippen molar-refractivity contribution in [1.29, 1.82) is 0 Å². The molecule has 0 bridgehead atoms. The molecule has 4 amide bonds. The number of aryl methyl sites for hydroxylation is 1. The number of hydrogen-bond donors (Lipinski definition) is 2. The Kier molecular flexibility index (Phi) is 4.29. The van der Waals surface area contributed by atoms with Crippen molar-refractivity contribution in [3.05, 3.63) is 11.8 Å². The highest BCUT2D eigenvalue weighted by atomic mass is 16.5. The summed E-state index contributed by atoms with van der Waals surface area (Å²) in [4.78, 5) is 38.1. The highest BCUT2D eigenvalue weighted by molar-refractivity contribution is 6.07. The van der Waals surface area contributed by atoms with Gasteiger partial charge in [0.15, 0.2) is 5.82 Å². The SMILES string of the molecule is Cc1cc(NC(=O)CCN2C(=O)N[C@@]3(CCCC[C@@H]3C)C2=O)no1. The van der Waals surface area contributed by atoms with Crippen LogP contribution in [-0.4, -0.2) is 40.0 Å². The summed E-state index contributed by atoms with van der Waals surface area (Å²) in [6.07, 6.45) is 3.61. The Bertz CT molecular complexity index is 671. The summed E-state index contributed by atoms with van der Waals surface area (Å²) in [5.41, 5.74) is -0.783. The lowest BCUT2D eigenvalue weighted by Crippen LogP contribution is -2.54. The fourth-order valence-corrected chi connectivity index (χ4v) is 3.54. The Hall–Kier alpha value is -2.38. The van der Waals surface area contributed by atoms with Crippen LogP contribution in [0.4, 0.5) is 10.6 Å². The molecule has 3 rings (SSSR count). The number of carbonyl (C=O) groups excluding carboxylic acids is 3. The van der Waals surface area contributed by atoms with Crippen molar-refractivity contribution in [2.75, 3.05) is 11.9 Å². The number of carbonyl (C=O) groups is 3. The fraction of sp³-hybridized carbons (Fsp3) is 0.625. The summed E-state index contributed by atoms with van der Waals surface area (Å²) in [5.74, 6) is 0.505. The molecule has 1 aromatic rings. The van der Waals surface area contributed by atoms with E-state index in [1.54, 1.807) is 13.0 Å². The van der Waals surface area contributed by atoms with Crippen LogP contribution in [0.5, 0.6) is 0 Å². The topological polar surface area (TPSA) is 105 Å². The zero-order chi connectivity index (χ0) is 17.3. The number of rotatable bonds is 4. The zero-order valence-corrected chi connectivity index (χ0v) is 13.9. The molecule has 2 N–H and O–H groups in total. The Morgan fingerprint density at radius 2 is 2.29 bits per heavy atom. The van der Waals surface area contributed by atoms with E-state index >= 15 is 0 Å². The van der Waals surface area contributed by atoms with E-state index in [0.29, 0.717) is 18.0 Å². The number of aromatic nitrogens is 1. The van der Waals surface area contributed by atoms with Gasteiger partial charge < -0.3 is 15.2 Å². The van der Waals surface area contributed by atoms with Crippen molar-refractivity contribution in [2.24, 2.45) is 5.92 Å². The molecular formula is C16H22N4O4. The number of hydrogen-bond acceptors (Lipinski definition) is 5. The van der Waals surface area contributed by atoms with Crippen LogP contribution in [0.1, 0.15) is 44.8 Å². The number of amides is 4. The van der Waals surface area contributed by atoms with E-state index in [0.717, 1.165) is 24.2 Å². The molecule has 1 saturated carbocycles. The first-order valence-corrected chi connectivity index (χ1v) is 8.29. The quantitative estimate of drug-likeness (QED) is 0.817. The Morgan fingerprint density at radius 1 is 1.50 bits per heavy atom. The summed E-state index contributed by atoms with van der Waals surface area (Å²) in [6, 6.07) is 1.20. The van der Waals surface area contributed by atoms with Gasteiger partial charge in [0.05, 0.1) is 0 Å². The van der Waals surface area contributed by atoms with Gasteiger partial charge in [-0.05, 0) is 25.7 Å². The summed E-state index contributed by atoms with van der Waals surface area (Å²) in [7, 11) is 0. The zero-order valence-electron chi connectivity index (χ0n) is 13.9. The average molecular weight is 334 g/mol. The van der Waals surface area contributed by atoms with Crippen LogP contribution in [0.25, 0.3) is 0 Å². The van der Waals surface area contributed by atoms with Crippen molar-refractivity contribution in [3.63, 3.8) is 0 Å². The Labute approximate surface area is 139 Å². The standard InChI is InChI=1S/C16H22N4O4/c1-10-5-3-4-7-16(10)14(22)20(15(23)18-16)8-6-13(21)17-12-9-11(2)24-19-12/h9-10H,3-8H2,1-2H3,(H,18,23)(H,17,19,21)/t10-,16+/m0/s1. The number of urea groups is 1. The molecular weight excluding hydrogens is 312 g/mol. The summed E-state index contributed by atoms with van der Waals surface area (Å²) in [5, 5.41) is 9.13. The first-order chi connectivity index (χ1) is 11.4. The first-order valence-electron chi connectivity index (χ1n) is 8.29. The van der Waals surface area contributed by atoms with Gasteiger partial charge in [-0.15, -0.1) is 0 Å². The lowest BCUT2D eigenvalue weighted by atomic mass is 9.73. The third-order valence-corrected chi connectivity index (χ3v) is 4.96. The second kappa shape index (κ2) is 6.26. The van der Waals surface area contributed by atoms with Crippen molar-refractivity contribution in [2.45, 2.75) is 51.5 Å². The summed E-state index contributed by atoms with van der Waals surface area (Å²) < 4.78 is 4.87. The van der Waals surface area contributed by atoms with Gasteiger partial charge in [-0.2, -0.15) is 0 Å². The van der Waals surface area contributed by atoms with Gasteiger partial charge in [0.1, 0.15) is 11.3 Å². The molecule has 1 spiro atoms. The second-order valence-corrected chi connectivity index (χ2v) is 6.63. The van der Waals surface area contributed by atoms with Gasteiger partial charge in [0.25, 0.3) is 5.91 Å². The minimum absolute atomic E-state index is 0.0233. The molecule has 2 atom stereocenters. The molecule has 1 aliphatic carbocycles. The Morgan fingerprint density at radius 3 is 2.96 bits per heavy atom. The Balaban J connectivity index is 1.60. The monoisotopic (exact) mass is 334 g/mol. The molecule has 1 aliphatic heterocycles. The van der Waals surface area contributed by atoms with E-state index in [-0.39, 0.29) is 30.7 Å². The summed E-state index contributed by atoms with van der Waals surface area (Å²) in [6.45, 7) is 3.78. The second-order valence-electron chi connectivity index (χ2n) is 6.63. The normalized spacial score (nSPS) is 26.8. The number of anilines is 1. The van der Waals surface area contributed by atoms with E-state index in [1.807, 2.05) is 6.92 Å². The van der Waals surface area contributed by atoms with Gasteiger partial charge in [-0.1, -0.05) is 24.9 Å². The van der Waals surface area contributed by atoms with Crippen LogP contribution in [0.3, 0.4) is 0 Å². The van der Waals surface area contributed by atoms with Crippen molar-refractivity contribution in [1.82, 2.24) is 15.4 Å². The molecule has 24 heavy (non-hydrogen) atoms.